The van der Waals surface area contributed by atoms with E-state index in [1.54, 1.807) is 17.6 Å². The lowest BCUT2D eigenvalue weighted by molar-refractivity contribution is 0.221. The van der Waals surface area contributed by atoms with Crippen LogP contribution in [0.3, 0.4) is 0 Å². The number of hydrogen-bond acceptors (Lipinski definition) is 4. The van der Waals surface area contributed by atoms with Crippen molar-refractivity contribution in [3.05, 3.63) is 46.5 Å². The molecule has 2 N–H and O–H groups in total. The molecule has 3 heterocycles. The molecule has 0 saturated carbocycles. The highest BCUT2D eigenvalue weighted by molar-refractivity contribution is 7.10. The fourth-order valence-corrected chi connectivity index (χ4v) is 3.64. The Balaban J connectivity index is 1.51. The first-order valence-corrected chi connectivity index (χ1v) is 8.52. The van der Waals surface area contributed by atoms with E-state index < -0.39 is 0 Å². The van der Waals surface area contributed by atoms with E-state index in [4.69, 9.17) is 4.42 Å². The van der Waals surface area contributed by atoms with Gasteiger partial charge in [0, 0.05) is 11.4 Å². The smallest absolute Gasteiger partial charge is 0.315 e. The molecule has 6 heteroatoms. The molecule has 1 saturated heterocycles. The lowest BCUT2D eigenvalue weighted by atomic mass is 10.2. The number of likely N-dealkylation sites (tertiary alicyclic amines) is 1. The fourth-order valence-electron chi connectivity index (χ4n) is 2.78. The third-order valence-electron chi connectivity index (χ3n) is 3.91. The quantitative estimate of drug-likeness (QED) is 0.860. The van der Waals surface area contributed by atoms with E-state index in [0.717, 1.165) is 18.8 Å². The van der Waals surface area contributed by atoms with Gasteiger partial charge in [0.15, 0.2) is 0 Å². The number of amides is 2. The molecule has 0 bridgehead atoms. The summed E-state index contributed by atoms with van der Waals surface area (Å²) in [7, 11) is 0. The lowest BCUT2D eigenvalue weighted by Gasteiger charge is -2.26. The summed E-state index contributed by atoms with van der Waals surface area (Å²) in [5.74, 6) is 0.754. The Hall–Kier alpha value is -1.79. The van der Waals surface area contributed by atoms with Gasteiger partial charge in [-0.05, 0) is 49.5 Å². The molecular weight excluding hydrogens is 298 g/mol. The molecule has 2 amide bonds. The normalized spacial score (nSPS) is 16.5. The number of thiophene rings is 1. The average Bonchev–Trinajstić information content (AvgIpc) is 3.27. The van der Waals surface area contributed by atoms with Gasteiger partial charge in [-0.25, -0.2) is 4.79 Å². The van der Waals surface area contributed by atoms with Gasteiger partial charge in [0.2, 0.25) is 0 Å². The number of rotatable bonds is 6. The number of nitrogens with one attached hydrogen (secondary N) is 2. The van der Waals surface area contributed by atoms with Crippen LogP contribution in [0.4, 0.5) is 4.79 Å². The van der Waals surface area contributed by atoms with E-state index in [0.29, 0.717) is 13.1 Å². The zero-order chi connectivity index (χ0) is 15.2. The molecule has 3 rings (SSSR count). The van der Waals surface area contributed by atoms with E-state index in [2.05, 4.69) is 33.0 Å². The van der Waals surface area contributed by atoms with Gasteiger partial charge in [0.05, 0.1) is 18.8 Å². The van der Waals surface area contributed by atoms with Crippen molar-refractivity contribution in [2.24, 2.45) is 0 Å². The molecule has 0 radical (unpaired) electrons. The molecule has 1 aliphatic heterocycles. The summed E-state index contributed by atoms with van der Waals surface area (Å²) in [5, 5.41) is 7.89. The highest BCUT2D eigenvalue weighted by Gasteiger charge is 2.24. The van der Waals surface area contributed by atoms with Gasteiger partial charge in [-0.1, -0.05) is 6.07 Å². The Kier molecular flexibility index (Phi) is 5.13. The third-order valence-corrected chi connectivity index (χ3v) is 4.89. The summed E-state index contributed by atoms with van der Waals surface area (Å²) >= 11 is 1.75. The van der Waals surface area contributed by atoms with Crippen LogP contribution < -0.4 is 10.6 Å². The van der Waals surface area contributed by atoms with Crippen molar-refractivity contribution in [3.63, 3.8) is 0 Å². The number of carbonyl (C=O) groups excluding carboxylic acids is 1. The Labute approximate surface area is 134 Å². The topological polar surface area (TPSA) is 57.5 Å². The van der Waals surface area contributed by atoms with Crippen LogP contribution in [0.5, 0.6) is 0 Å². The molecule has 0 aliphatic carbocycles. The number of carbonyl (C=O) groups is 1. The minimum Gasteiger partial charge on any atom is -0.467 e. The first-order chi connectivity index (χ1) is 10.8. The SMILES string of the molecule is O=C(NCc1ccco1)NCC(c1cccs1)N1CCCC1. The van der Waals surface area contributed by atoms with Gasteiger partial charge in [0.1, 0.15) is 5.76 Å². The number of furan rings is 1. The predicted octanol–water partition coefficient (Wildman–Crippen LogP) is 2.98. The summed E-state index contributed by atoms with van der Waals surface area (Å²) in [4.78, 5) is 15.7. The number of urea groups is 1. The maximum absolute atomic E-state index is 11.9. The molecule has 1 unspecified atom stereocenters. The maximum Gasteiger partial charge on any atom is 0.315 e. The highest BCUT2D eigenvalue weighted by Crippen LogP contribution is 2.27. The zero-order valence-corrected chi connectivity index (χ0v) is 13.3. The van der Waals surface area contributed by atoms with E-state index >= 15 is 0 Å². The summed E-state index contributed by atoms with van der Waals surface area (Å²) in [6.07, 6.45) is 4.09. The first-order valence-electron chi connectivity index (χ1n) is 7.64. The number of nitrogens with zero attached hydrogens (tertiary/aromatic N) is 1. The van der Waals surface area contributed by atoms with Gasteiger partial charge in [-0.2, -0.15) is 0 Å². The second-order valence-electron chi connectivity index (χ2n) is 5.42. The molecule has 5 nitrogen and oxygen atoms in total. The molecule has 0 aromatic carbocycles. The Morgan fingerprint density at radius 1 is 1.27 bits per heavy atom. The van der Waals surface area contributed by atoms with Crippen molar-refractivity contribution < 1.29 is 9.21 Å². The fraction of sp³-hybridized carbons (Fsp3) is 0.438. The van der Waals surface area contributed by atoms with Crippen LogP contribution in [0.1, 0.15) is 29.5 Å². The van der Waals surface area contributed by atoms with Crippen molar-refractivity contribution in [2.45, 2.75) is 25.4 Å². The molecule has 1 atom stereocenters. The molecule has 118 valence electrons. The average molecular weight is 319 g/mol. The second kappa shape index (κ2) is 7.47. The van der Waals surface area contributed by atoms with Crippen LogP contribution >= 0.6 is 11.3 Å². The molecule has 0 spiro atoms. The van der Waals surface area contributed by atoms with Crippen molar-refractivity contribution in [2.75, 3.05) is 19.6 Å². The minimum atomic E-state index is -0.155. The largest absolute Gasteiger partial charge is 0.467 e. The predicted molar refractivity (Wildman–Crippen MR) is 86.8 cm³/mol. The maximum atomic E-state index is 11.9. The highest BCUT2D eigenvalue weighted by atomic mass is 32.1. The number of hydrogen-bond donors (Lipinski definition) is 2. The zero-order valence-electron chi connectivity index (χ0n) is 12.5. The molecular formula is C16H21N3O2S. The summed E-state index contributed by atoms with van der Waals surface area (Å²) in [5.41, 5.74) is 0. The Morgan fingerprint density at radius 2 is 2.14 bits per heavy atom. The minimum absolute atomic E-state index is 0.155. The first kappa shape index (κ1) is 15.1. The van der Waals surface area contributed by atoms with E-state index in [1.165, 1.54) is 17.7 Å². The molecule has 22 heavy (non-hydrogen) atoms. The molecule has 1 aliphatic rings. The summed E-state index contributed by atoms with van der Waals surface area (Å²) in [6.45, 7) is 3.26. The van der Waals surface area contributed by atoms with Gasteiger partial charge >= 0.3 is 6.03 Å². The van der Waals surface area contributed by atoms with Gasteiger partial charge < -0.3 is 15.1 Å². The van der Waals surface area contributed by atoms with E-state index in [9.17, 15) is 4.79 Å². The summed E-state index contributed by atoms with van der Waals surface area (Å²) < 4.78 is 5.20. The van der Waals surface area contributed by atoms with Crippen LogP contribution in [-0.4, -0.2) is 30.6 Å². The van der Waals surface area contributed by atoms with Gasteiger partial charge in [0.25, 0.3) is 0 Å². The van der Waals surface area contributed by atoms with Gasteiger partial charge in [-0.15, -0.1) is 11.3 Å². The summed E-state index contributed by atoms with van der Waals surface area (Å²) in [6, 6.07) is 8.00. The van der Waals surface area contributed by atoms with Crippen LogP contribution in [0.2, 0.25) is 0 Å². The Bertz CT molecular complexity index is 562. The van der Waals surface area contributed by atoms with Crippen molar-refractivity contribution in [1.29, 1.82) is 0 Å². The van der Waals surface area contributed by atoms with Crippen LogP contribution in [0.15, 0.2) is 40.3 Å². The van der Waals surface area contributed by atoms with E-state index in [1.807, 2.05) is 12.1 Å². The van der Waals surface area contributed by atoms with Crippen LogP contribution in [0, 0.1) is 0 Å². The molecule has 1 fully saturated rings. The molecule has 2 aromatic rings. The van der Waals surface area contributed by atoms with Crippen LogP contribution in [-0.2, 0) is 6.54 Å². The molecule has 2 aromatic heterocycles. The monoisotopic (exact) mass is 319 g/mol. The van der Waals surface area contributed by atoms with Gasteiger partial charge in [-0.3, -0.25) is 4.90 Å². The van der Waals surface area contributed by atoms with Crippen molar-refractivity contribution in [3.8, 4) is 0 Å². The second-order valence-corrected chi connectivity index (χ2v) is 6.40. The van der Waals surface area contributed by atoms with Crippen molar-refractivity contribution >= 4 is 17.4 Å². The van der Waals surface area contributed by atoms with Crippen molar-refractivity contribution in [1.82, 2.24) is 15.5 Å². The van der Waals surface area contributed by atoms with Crippen LogP contribution in [0.25, 0.3) is 0 Å². The third kappa shape index (κ3) is 3.90. The standard InChI is InChI=1S/C16H21N3O2S/c20-16(17-11-13-5-3-9-21-13)18-12-14(15-6-4-10-22-15)19-7-1-2-8-19/h3-6,9-10,14H,1-2,7-8,11-12H2,(H2,17,18,20). The lowest BCUT2D eigenvalue weighted by Crippen LogP contribution is -2.41. The van der Waals surface area contributed by atoms with E-state index in [-0.39, 0.29) is 12.1 Å². The Morgan fingerprint density at radius 3 is 2.82 bits per heavy atom.